The van der Waals surface area contributed by atoms with Gasteiger partial charge >= 0.3 is 0 Å². The third-order valence-corrected chi connectivity index (χ3v) is 5.27. The highest BCUT2D eigenvalue weighted by Crippen LogP contribution is 2.27. The van der Waals surface area contributed by atoms with Crippen molar-refractivity contribution in [1.82, 2.24) is 20.1 Å². The molecule has 2 aromatic heterocycles. The van der Waals surface area contributed by atoms with E-state index in [0.29, 0.717) is 24.5 Å². The number of hydrogen-bond donors (Lipinski definition) is 2. The van der Waals surface area contributed by atoms with Crippen molar-refractivity contribution in [2.24, 2.45) is 0 Å². The van der Waals surface area contributed by atoms with Gasteiger partial charge in [0.15, 0.2) is 0 Å². The summed E-state index contributed by atoms with van der Waals surface area (Å²) in [7, 11) is 0. The number of carbonyl (C=O) groups excluding carboxylic acids is 1. The summed E-state index contributed by atoms with van der Waals surface area (Å²) >= 11 is 0. The van der Waals surface area contributed by atoms with Crippen LogP contribution in [0.2, 0.25) is 0 Å². The Kier molecular flexibility index (Phi) is 5.18. The van der Waals surface area contributed by atoms with E-state index in [1.165, 1.54) is 18.3 Å². The van der Waals surface area contributed by atoms with Crippen molar-refractivity contribution in [3.05, 3.63) is 88.6 Å². The third kappa shape index (κ3) is 3.87. The summed E-state index contributed by atoms with van der Waals surface area (Å²) in [6.45, 7) is 4.80. The SMILES string of the molecule is Cc1cc2c(N)nccc2c(C)c1CNC(=O)c1cnn(Cc2cccc(F)c2)c1. The maximum Gasteiger partial charge on any atom is 0.254 e. The fraction of sp³-hybridized carbons (Fsp3) is 0.174. The van der Waals surface area contributed by atoms with Gasteiger partial charge in [-0.3, -0.25) is 9.48 Å². The number of nitrogens with one attached hydrogen (secondary N) is 1. The van der Waals surface area contributed by atoms with Crippen molar-refractivity contribution < 1.29 is 9.18 Å². The lowest BCUT2D eigenvalue weighted by Gasteiger charge is -2.14. The molecule has 4 rings (SSSR count). The number of halogens is 1. The lowest BCUT2D eigenvalue weighted by atomic mass is 9.96. The maximum atomic E-state index is 13.3. The van der Waals surface area contributed by atoms with Gasteiger partial charge in [-0.15, -0.1) is 0 Å². The normalized spacial score (nSPS) is 11.0. The second-order valence-corrected chi connectivity index (χ2v) is 7.33. The molecule has 0 aliphatic heterocycles. The van der Waals surface area contributed by atoms with Gasteiger partial charge in [-0.2, -0.15) is 5.10 Å². The molecular formula is C23H22FN5O. The van der Waals surface area contributed by atoms with E-state index in [9.17, 15) is 9.18 Å². The highest BCUT2D eigenvalue weighted by Gasteiger charge is 2.13. The molecule has 4 aromatic rings. The Hall–Kier alpha value is -3.74. The first kappa shape index (κ1) is 19.6. The Balaban J connectivity index is 1.48. The molecule has 0 spiro atoms. The molecule has 2 aromatic carbocycles. The first-order valence-corrected chi connectivity index (χ1v) is 9.60. The maximum absolute atomic E-state index is 13.3. The molecule has 7 heteroatoms. The number of fused-ring (bicyclic) bond motifs is 1. The Morgan fingerprint density at radius 2 is 2.03 bits per heavy atom. The zero-order valence-electron chi connectivity index (χ0n) is 16.8. The van der Waals surface area contributed by atoms with Crippen LogP contribution in [0.15, 0.2) is 55.0 Å². The number of nitrogens with zero attached hydrogens (tertiary/aromatic N) is 3. The number of amides is 1. The average molecular weight is 403 g/mol. The van der Waals surface area contributed by atoms with Crippen LogP contribution in [-0.4, -0.2) is 20.7 Å². The molecule has 0 saturated carbocycles. The molecule has 2 heterocycles. The summed E-state index contributed by atoms with van der Waals surface area (Å²) in [6.07, 6.45) is 4.86. The fourth-order valence-corrected chi connectivity index (χ4v) is 3.66. The van der Waals surface area contributed by atoms with Crippen LogP contribution >= 0.6 is 0 Å². The monoisotopic (exact) mass is 403 g/mol. The quantitative estimate of drug-likeness (QED) is 0.531. The summed E-state index contributed by atoms with van der Waals surface area (Å²) in [5.74, 6) is -0.00934. The predicted molar refractivity (Wildman–Crippen MR) is 115 cm³/mol. The number of anilines is 1. The van der Waals surface area contributed by atoms with E-state index in [2.05, 4.69) is 15.4 Å². The second kappa shape index (κ2) is 7.94. The predicted octanol–water partition coefficient (Wildman–Crippen LogP) is 3.75. The van der Waals surface area contributed by atoms with Gasteiger partial charge in [-0.1, -0.05) is 12.1 Å². The molecule has 0 saturated heterocycles. The molecule has 0 unspecified atom stereocenters. The lowest BCUT2D eigenvalue weighted by Crippen LogP contribution is -2.23. The number of benzene rings is 2. The zero-order valence-corrected chi connectivity index (χ0v) is 16.8. The van der Waals surface area contributed by atoms with Crippen molar-refractivity contribution in [1.29, 1.82) is 0 Å². The van der Waals surface area contributed by atoms with Crippen LogP contribution in [0.3, 0.4) is 0 Å². The lowest BCUT2D eigenvalue weighted by molar-refractivity contribution is 0.0950. The van der Waals surface area contributed by atoms with Gasteiger partial charge < -0.3 is 11.1 Å². The highest BCUT2D eigenvalue weighted by molar-refractivity contribution is 5.95. The van der Waals surface area contributed by atoms with Gasteiger partial charge in [0.05, 0.1) is 18.3 Å². The summed E-state index contributed by atoms with van der Waals surface area (Å²) in [6, 6.07) is 10.3. The van der Waals surface area contributed by atoms with Gasteiger partial charge in [0.1, 0.15) is 11.6 Å². The number of aryl methyl sites for hydroxylation is 2. The number of rotatable bonds is 5. The third-order valence-electron chi connectivity index (χ3n) is 5.27. The van der Waals surface area contributed by atoms with E-state index >= 15 is 0 Å². The van der Waals surface area contributed by atoms with Crippen molar-refractivity contribution >= 4 is 22.5 Å². The zero-order chi connectivity index (χ0) is 21.3. The topological polar surface area (TPSA) is 85.8 Å². The molecule has 1 amide bonds. The number of nitrogens with two attached hydrogens (primary N) is 1. The van der Waals surface area contributed by atoms with Gasteiger partial charge in [0.2, 0.25) is 0 Å². The molecule has 0 atom stereocenters. The first-order chi connectivity index (χ1) is 14.4. The molecule has 0 radical (unpaired) electrons. The van der Waals surface area contributed by atoms with Gasteiger partial charge in [-0.05, 0) is 65.8 Å². The molecule has 0 bridgehead atoms. The van der Waals surface area contributed by atoms with Crippen LogP contribution in [0.5, 0.6) is 0 Å². The van der Waals surface area contributed by atoms with Crippen molar-refractivity contribution in [3.8, 4) is 0 Å². The van der Waals surface area contributed by atoms with Crippen molar-refractivity contribution in [2.45, 2.75) is 26.9 Å². The molecule has 152 valence electrons. The summed E-state index contributed by atoms with van der Waals surface area (Å²) in [5.41, 5.74) is 10.4. The summed E-state index contributed by atoms with van der Waals surface area (Å²) < 4.78 is 15.0. The molecular weight excluding hydrogens is 381 g/mol. The minimum atomic E-state index is -0.295. The summed E-state index contributed by atoms with van der Waals surface area (Å²) in [5, 5.41) is 9.12. The van der Waals surface area contributed by atoms with E-state index < -0.39 is 0 Å². The Labute approximate surface area is 173 Å². The smallest absolute Gasteiger partial charge is 0.254 e. The van der Waals surface area contributed by atoms with Crippen LogP contribution in [0.25, 0.3) is 10.8 Å². The van der Waals surface area contributed by atoms with E-state index in [1.54, 1.807) is 23.1 Å². The van der Waals surface area contributed by atoms with Crippen LogP contribution in [-0.2, 0) is 13.1 Å². The van der Waals surface area contributed by atoms with Gasteiger partial charge in [0.25, 0.3) is 5.91 Å². The largest absolute Gasteiger partial charge is 0.383 e. The number of hydrogen-bond acceptors (Lipinski definition) is 4. The minimum absolute atomic E-state index is 0.214. The first-order valence-electron chi connectivity index (χ1n) is 9.60. The van der Waals surface area contributed by atoms with Crippen LogP contribution in [0, 0.1) is 19.7 Å². The Bertz CT molecular complexity index is 1250. The standard InChI is InChI=1S/C23H22FN5O/c1-14-8-20-19(6-7-26-22(20)25)15(2)21(14)11-27-23(30)17-10-28-29(13-17)12-16-4-3-5-18(24)9-16/h3-10,13H,11-12H2,1-2H3,(H2,25,26)(H,27,30). The Morgan fingerprint density at radius 1 is 1.20 bits per heavy atom. The second-order valence-electron chi connectivity index (χ2n) is 7.33. The van der Waals surface area contributed by atoms with E-state index in [-0.39, 0.29) is 11.7 Å². The summed E-state index contributed by atoms with van der Waals surface area (Å²) in [4.78, 5) is 16.8. The van der Waals surface area contributed by atoms with Crippen LogP contribution < -0.4 is 11.1 Å². The number of pyridine rings is 1. The van der Waals surface area contributed by atoms with E-state index in [1.807, 2.05) is 32.0 Å². The highest BCUT2D eigenvalue weighted by atomic mass is 19.1. The van der Waals surface area contributed by atoms with Gasteiger partial charge in [-0.25, -0.2) is 9.37 Å². The molecule has 6 nitrogen and oxygen atoms in total. The van der Waals surface area contributed by atoms with Crippen molar-refractivity contribution in [2.75, 3.05) is 5.73 Å². The number of carbonyl (C=O) groups is 1. The fourth-order valence-electron chi connectivity index (χ4n) is 3.66. The van der Waals surface area contributed by atoms with Crippen LogP contribution in [0.1, 0.15) is 32.6 Å². The number of aromatic nitrogens is 3. The molecule has 0 aliphatic rings. The van der Waals surface area contributed by atoms with Crippen molar-refractivity contribution in [3.63, 3.8) is 0 Å². The molecule has 30 heavy (non-hydrogen) atoms. The van der Waals surface area contributed by atoms with Gasteiger partial charge in [0, 0.05) is 24.3 Å². The minimum Gasteiger partial charge on any atom is -0.383 e. The molecule has 3 N–H and O–H groups in total. The van der Waals surface area contributed by atoms with Crippen LogP contribution in [0.4, 0.5) is 10.2 Å². The molecule has 0 aliphatic carbocycles. The Morgan fingerprint density at radius 3 is 2.83 bits per heavy atom. The molecule has 0 fully saturated rings. The number of nitrogen functional groups attached to an aromatic ring is 1. The average Bonchev–Trinajstić information content (AvgIpc) is 3.17. The van der Waals surface area contributed by atoms with E-state index in [0.717, 1.165) is 33.0 Å². The van der Waals surface area contributed by atoms with E-state index in [4.69, 9.17) is 5.73 Å².